The molecule has 1 heterocycles. The molecule has 1 saturated heterocycles. The lowest BCUT2D eigenvalue weighted by Gasteiger charge is -2.37. The highest BCUT2D eigenvalue weighted by atomic mass is 16.2. The van der Waals surface area contributed by atoms with Crippen molar-refractivity contribution in [2.24, 2.45) is 11.7 Å². The molecule has 4 heteroatoms. The first kappa shape index (κ1) is 15.8. The fourth-order valence-corrected chi connectivity index (χ4v) is 3.74. The van der Waals surface area contributed by atoms with Crippen LogP contribution in [0.15, 0.2) is 0 Å². The number of nitrogens with zero attached hydrogens (tertiary/aromatic N) is 2. The van der Waals surface area contributed by atoms with Crippen molar-refractivity contribution in [2.45, 2.75) is 64.0 Å². The molecule has 2 atom stereocenters. The van der Waals surface area contributed by atoms with Gasteiger partial charge in [0, 0.05) is 38.6 Å². The molecule has 1 aliphatic carbocycles. The number of hydrogen-bond donors (Lipinski definition) is 1. The van der Waals surface area contributed by atoms with Crippen LogP contribution in [-0.4, -0.2) is 54.5 Å². The lowest BCUT2D eigenvalue weighted by atomic mass is 9.97. The average molecular weight is 281 g/mol. The highest BCUT2D eigenvalue weighted by Gasteiger charge is 2.30. The Morgan fingerprint density at radius 1 is 1.25 bits per heavy atom. The number of rotatable bonds is 5. The molecule has 0 unspecified atom stereocenters. The molecule has 1 aliphatic heterocycles. The second kappa shape index (κ2) is 7.41. The third kappa shape index (κ3) is 3.95. The van der Waals surface area contributed by atoms with Gasteiger partial charge >= 0.3 is 0 Å². The minimum atomic E-state index is 0.249. The lowest BCUT2D eigenvalue weighted by molar-refractivity contribution is -0.133. The molecule has 2 fully saturated rings. The van der Waals surface area contributed by atoms with E-state index in [1.165, 1.54) is 19.4 Å². The first-order valence-electron chi connectivity index (χ1n) is 8.35. The van der Waals surface area contributed by atoms with Gasteiger partial charge in [-0.05, 0) is 44.6 Å². The summed E-state index contributed by atoms with van der Waals surface area (Å²) in [4.78, 5) is 16.9. The van der Waals surface area contributed by atoms with Crippen LogP contribution in [0.3, 0.4) is 0 Å². The zero-order chi connectivity index (χ0) is 14.5. The molecule has 0 aromatic heterocycles. The highest BCUT2D eigenvalue weighted by molar-refractivity contribution is 5.76. The number of nitrogens with two attached hydrogens (primary N) is 1. The van der Waals surface area contributed by atoms with Gasteiger partial charge in [-0.1, -0.05) is 13.3 Å². The summed E-state index contributed by atoms with van der Waals surface area (Å²) in [6, 6.07) is 0.687. The molecule has 0 radical (unpaired) electrons. The van der Waals surface area contributed by atoms with Crippen molar-refractivity contribution in [1.82, 2.24) is 9.80 Å². The van der Waals surface area contributed by atoms with Gasteiger partial charge in [0.15, 0.2) is 0 Å². The molecule has 0 bridgehead atoms. The van der Waals surface area contributed by atoms with Crippen molar-refractivity contribution in [3.8, 4) is 0 Å². The van der Waals surface area contributed by atoms with E-state index < -0.39 is 0 Å². The van der Waals surface area contributed by atoms with Gasteiger partial charge in [-0.2, -0.15) is 0 Å². The zero-order valence-corrected chi connectivity index (χ0v) is 13.2. The van der Waals surface area contributed by atoms with E-state index in [4.69, 9.17) is 5.73 Å². The summed E-state index contributed by atoms with van der Waals surface area (Å²) in [7, 11) is 1.99. The van der Waals surface area contributed by atoms with Crippen molar-refractivity contribution >= 4 is 5.91 Å². The standard InChI is InChI=1S/C16H31N3O/c1-3-9-19-10-7-14(8-11-19)18(2)16(20)12-13-5-4-6-15(13)17/h13-15H,3-12,17H2,1-2H3/t13-,15+/m0/s1. The summed E-state index contributed by atoms with van der Waals surface area (Å²) >= 11 is 0. The van der Waals surface area contributed by atoms with Crippen LogP contribution >= 0.6 is 0 Å². The van der Waals surface area contributed by atoms with Crippen LogP contribution < -0.4 is 5.73 Å². The second-order valence-electron chi connectivity index (χ2n) is 6.64. The number of carbonyl (C=O) groups is 1. The van der Waals surface area contributed by atoms with Gasteiger partial charge in [0.05, 0.1) is 0 Å². The molecule has 2 aliphatic rings. The summed E-state index contributed by atoms with van der Waals surface area (Å²) in [6.07, 6.45) is 7.55. The summed E-state index contributed by atoms with van der Waals surface area (Å²) in [5, 5.41) is 0. The van der Waals surface area contributed by atoms with Gasteiger partial charge < -0.3 is 15.5 Å². The maximum Gasteiger partial charge on any atom is 0.222 e. The van der Waals surface area contributed by atoms with Gasteiger partial charge in [-0.15, -0.1) is 0 Å². The van der Waals surface area contributed by atoms with Crippen molar-refractivity contribution in [3.05, 3.63) is 0 Å². The molecule has 2 N–H and O–H groups in total. The molecular formula is C16H31N3O. The Morgan fingerprint density at radius 3 is 2.50 bits per heavy atom. The van der Waals surface area contributed by atoms with Gasteiger partial charge in [-0.3, -0.25) is 4.79 Å². The van der Waals surface area contributed by atoms with Gasteiger partial charge in [0.25, 0.3) is 0 Å². The van der Waals surface area contributed by atoms with Gasteiger partial charge in [-0.25, -0.2) is 0 Å². The minimum Gasteiger partial charge on any atom is -0.343 e. The van der Waals surface area contributed by atoms with Crippen LogP contribution in [-0.2, 0) is 4.79 Å². The molecule has 4 nitrogen and oxygen atoms in total. The highest BCUT2D eigenvalue weighted by Crippen LogP contribution is 2.28. The van der Waals surface area contributed by atoms with E-state index in [9.17, 15) is 4.79 Å². The molecule has 20 heavy (non-hydrogen) atoms. The van der Waals surface area contributed by atoms with Gasteiger partial charge in [0.2, 0.25) is 5.91 Å². The SMILES string of the molecule is CCCN1CCC(N(C)C(=O)C[C@@H]2CCC[C@H]2N)CC1. The summed E-state index contributed by atoms with van der Waals surface area (Å²) in [5.41, 5.74) is 6.08. The normalized spacial score (nSPS) is 28.8. The molecule has 1 amide bonds. The Morgan fingerprint density at radius 2 is 1.95 bits per heavy atom. The van der Waals surface area contributed by atoms with Crippen LogP contribution in [0.2, 0.25) is 0 Å². The molecular weight excluding hydrogens is 250 g/mol. The smallest absolute Gasteiger partial charge is 0.222 e. The fraction of sp³-hybridized carbons (Fsp3) is 0.938. The quantitative estimate of drug-likeness (QED) is 0.836. The van der Waals surface area contributed by atoms with Crippen LogP contribution in [0.25, 0.3) is 0 Å². The van der Waals surface area contributed by atoms with Crippen molar-refractivity contribution in [3.63, 3.8) is 0 Å². The van der Waals surface area contributed by atoms with Crippen molar-refractivity contribution in [2.75, 3.05) is 26.7 Å². The number of hydrogen-bond acceptors (Lipinski definition) is 3. The van der Waals surface area contributed by atoms with Crippen LogP contribution in [0, 0.1) is 5.92 Å². The number of amides is 1. The van der Waals surface area contributed by atoms with E-state index >= 15 is 0 Å². The topological polar surface area (TPSA) is 49.6 Å². The summed E-state index contributed by atoms with van der Waals surface area (Å²) in [5.74, 6) is 0.728. The Balaban J connectivity index is 1.76. The lowest BCUT2D eigenvalue weighted by Crippen LogP contribution is -2.46. The maximum absolute atomic E-state index is 12.4. The first-order chi connectivity index (χ1) is 9.61. The molecule has 116 valence electrons. The Labute approximate surface area is 123 Å². The van der Waals surface area contributed by atoms with Crippen LogP contribution in [0.5, 0.6) is 0 Å². The molecule has 0 aromatic rings. The van der Waals surface area contributed by atoms with E-state index in [0.29, 0.717) is 24.3 Å². The Bertz CT molecular complexity index is 313. The molecule has 1 saturated carbocycles. The molecule has 2 rings (SSSR count). The fourth-order valence-electron chi connectivity index (χ4n) is 3.74. The maximum atomic E-state index is 12.4. The predicted molar refractivity (Wildman–Crippen MR) is 82.5 cm³/mol. The van der Waals surface area contributed by atoms with Crippen molar-refractivity contribution < 1.29 is 4.79 Å². The minimum absolute atomic E-state index is 0.249. The third-order valence-electron chi connectivity index (χ3n) is 5.19. The van der Waals surface area contributed by atoms with E-state index in [1.54, 1.807) is 0 Å². The number of carbonyl (C=O) groups excluding carboxylic acids is 1. The first-order valence-corrected chi connectivity index (χ1v) is 8.35. The zero-order valence-electron chi connectivity index (χ0n) is 13.2. The summed E-state index contributed by atoms with van der Waals surface area (Å²) < 4.78 is 0. The van der Waals surface area contributed by atoms with Crippen LogP contribution in [0.1, 0.15) is 51.9 Å². The largest absolute Gasteiger partial charge is 0.343 e. The second-order valence-corrected chi connectivity index (χ2v) is 6.64. The Hall–Kier alpha value is -0.610. The Kier molecular flexibility index (Phi) is 5.85. The van der Waals surface area contributed by atoms with Gasteiger partial charge in [0.1, 0.15) is 0 Å². The molecule has 0 spiro atoms. The van der Waals surface area contributed by atoms with E-state index in [0.717, 1.165) is 38.8 Å². The third-order valence-corrected chi connectivity index (χ3v) is 5.19. The number of likely N-dealkylation sites (tertiary alicyclic amines) is 1. The van der Waals surface area contributed by atoms with Crippen molar-refractivity contribution in [1.29, 1.82) is 0 Å². The molecule has 0 aromatic carbocycles. The number of piperidine rings is 1. The monoisotopic (exact) mass is 281 g/mol. The van der Waals surface area contributed by atoms with E-state index in [2.05, 4.69) is 11.8 Å². The van der Waals surface area contributed by atoms with E-state index in [1.807, 2.05) is 11.9 Å². The summed E-state index contributed by atoms with van der Waals surface area (Å²) in [6.45, 7) is 5.70. The van der Waals surface area contributed by atoms with E-state index in [-0.39, 0.29) is 6.04 Å². The van der Waals surface area contributed by atoms with Crippen LogP contribution in [0.4, 0.5) is 0 Å². The average Bonchev–Trinajstić information content (AvgIpc) is 2.85. The predicted octanol–water partition coefficient (Wildman–Crippen LogP) is 1.84.